The molecule has 0 spiro atoms. The summed E-state index contributed by atoms with van der Waals surface area (Å²) in [4.78, 5) is 1.92. The second-order valence-corrected chi connectivity index (χ2v) is 7.24. The molecule has 1 unspecified atom stereocenters. The second-order valence-electron chi connectivity index (χ2n) is 4.63. The van der Waals surface area contributed by atoms with E-state index in [-0.39, 0.29) is 5.82 Å². The fraction of sp³-hybridized carbons (Fsp3) is 0.294. The van der Waals surface area contributed by atoms with Gasteiger partial charge >= 0.3 is 0 Å². The molecule has 2 rings (SSSR count). The van der Waals surface area contributed by atoms with E-state index in [4.69, 9.17) is 0 Å². The van der Waals surface area contributed by atoms with Crippen molar-refractivity contribution >= 4 is 23.5 Å². The first-order valence-electron chi connectivity index (χ1n) is 7.01. The number of benzene rings is 2. The Bertz CT molecular complexity index is 584. The minimum Gasteiger partial charge on any atom is -0.372 e. The van der Waals surface area contributed by atoms with Gasteiger partial charge in [0.2, 0.25) is 0 Å². The number of hydrogen-bond acceptors (Lipinski definition) is 3. The first kappa shape index (κ1) is 16.4. The maximum absolute atomic E-state index is 12.8. The molecular formula is C17H19FOS2. The molecule has 1 atom stereocenters. The summed E-state index contributed by atoms with van der Waals surface area (Å²) in [6, 6.07) is 12.5. The van der Waals surface area contributed by atoms with E-state index >= 15 is 0 Å². The Morgan fingerprint density at radius 2 is 1.48 bits per heavy atom. The first-order chi connectivity index (χ1) is 10.1. The zero-order chi connectivity index (χ0) is 15.2. The summed E-state index contributed by atoms with van der Waals surface area (Å²) < 4.78 is 12.2. The molecular weight excluding hydrogens is 303 g/mol. The Morgan fingerprint density at radius 1 is 0.905 bits per heavy atom. The SMILES string of the molecule is CCc1ccc(SC(O)Sc2ccc(F)cc2)cc1CC. The number of thioether (sulfide) groups is 2. The van der Waals surface area contributed by atoms with Crippen molar-refractivity contribution in [2.24, 2.45) is 0 Å². The van der Waals surface area contributed by atoms with Gasteiger partial charge in [-0.05, 0) is 60.4 Å². The van der Waals surface area contributed by atoms with Crippen molar-refractivity contribution < 1.29 is 9.50 Å². The van der Waals surface area contributed by atoms with E-state index in [1.54, 1.807) is 12.1 Å². The minimum atomic E-state index is -0.604. The molecule has 0 bridgehead atoms. The first-order valence-corrected chi connectivity index (χ1v) is 8.77. The molecule has 112 valence electrons. The Balaban J connectivity index is 2.02. The summed E-state index contributed by atoms with van der Waals surface area (Å²) in [6.45, 7) is 4.30. The summed E-state index contributed by atoms with van der Waals surface area (Å²) in [5, 5.41) is 10.1. The van der Waals surface area contributed by atoms with E-state index < -0.39 is 4.77 Å². The topological polar surface area (TPSA) is 20.2 Å². The van der Waals surface area contributed by atoms with Crippen LogP contribution in [0.4, 0.5) is 4.39 Å². The molecule has 0 saturated heterocycles. The number of aryl methyl sites for hydroxylation is 2. The van der Waals surface area contributed by atoms with E-state index in [1.807, 2.05) is 0 Å². The second kappa shape index (κ2) is 7.87. The van der Waals surface area contributed by atoms with Gasteiger partial charge in [-0.25, -0.2) is 4.39 Å². The lowest BCUT2D eigenvalue weighted by Gasteiger charge is -2.12. The quantitative estimate of drug-likeness (QED) is 0.589. The standard InChI is InChI=1S/C17H19FOS2/c1-3-12-5-8-16(11-13(12)4-2)21-17(19)20-15-9-6-14(18)7-10-15/h5-11,17,19H,3-4H2,1-2H3. The van der Waals surface area contributed by atoms with Crippen LogP contribution in [-0.4, -0.2) is 9.87 Å². The predicted molar refractivity (Wildman–Crippen MR) is 89.3 cm³/mol. The Hall–Kier alpha value is -0.970. The Morgan fingerprint density at radius 3 is 2.10 bits per heavy atom. The van der Waals surface area contributed by atoms with Crippen molar-refractivity contribution in [2.45, 2.75) is 41.2 Å². The Kier molecular flexibility index (Phi) is 6.15. The van der Waals surface area contributed by atoms with Gasteiger partial charge in [0.25, 0.3) is 0 Å². The minimum absolute atomic E-state index is 0.260. The lowest BCUT2D eigenvalue weighted by Crippen LogP contribution is -1.96. The van der Waals surface area contributed by atoms with E-state index in [9.17, 15) is 9.50 Å². The van der Waals surface area contributed by atoms with Gasteiger partial charge in [-0.2, -0.15) is 0 Å². The van der Waals surface area contributed by atoms with Crippen molar-refractivity contribution in [1.29, 1.82) is 0 Å². The molecule has 0 saturated carbocycles. The van der Waals surface area contributed by atoms with E-state index in [0.717, 1.165) is 22.6 Å². The van der Waals surface area contributed by atoms with Gasteiger partial charge in [-0.15, -0.1) is 0 Å². The van der Waals surface area contributed by atoms with E-state index in [2.05, 4.69) is 32.0 Å². The van der Waals surface area contributed by atoms with Crippen molar-refractivity contribution in [2.75, 3.05) is 0 Å². The van der Waals surface area contributed by atoms with Crippen LogP contribution in [0.5, 0.6) is 0 Å². The smallest absolute Gasteiger partial charge is 0.155 e. The monoisotopic (exact) mass is 322 g/mol. The summed E-state index contributed by atoms with van der Waals surface area (Å²) in [6.07, 6.45) is 2.03. The number of aliphatic hydroxyl groups is 1. The highest BCUT2D eigenvalue weighted by Crippen LogP contribution is 2.34. The largest absolute Gasteiger partial charge is 0.372 e. The van der Waals surface area contributed by atoms with Crippen LogP contribution in [0.25, 0.3) is 0 Å². The fourth-order valence-electron chi connectivity index (χ4n) is 2.12. The molecule has 0 radical (unpaired) electrons. The van der Waals surface area contributed by atoms with Crippen molar-refractivity contribution in [1.82, 2.24) is 0 Å². The normalized spacial score (nSPS) is 12.4. The van der Waals surface area contributed by atoms with Crippen LogP contribution >= 0.6 is 23.5 Å². The molecule has 2 aromatic carbocycles. The van der Waals surface area contributed by atoms with Crippen LogP contribution in [0.3, 0.4) is 0 Å². The van der Waals surface area contributed by atoms with Gasteiger partial charge in [-0.3, -0.25) is 0 Å². The maximum atomic E-state index is 12.8. The Labute approximate surface area is 134 Å². The number of halogens is 1. The molecule has 0 aromatic heterocycles. The third kappa shape index (κ3) is 4.77. The zero-order valence-electron chi connectivity index (χ0n) is 12.2. The molecule has 0 heterocycles. The molecule has 0 aliphatic rings. The van der Waals surface area contributed by atoms with Crippen molar-refractivity contribution in [3.63, 3.8) is 0 Å². The number of hydrogen-bond donors (Lipinski definition) is 1. The lowest BCUT2D eigenvalue weighted by atomic mass is 10.0. The third-order valence-electron chi connectivity index (χ3n) is 3.23. The number of aliphatic hydroxyl groups excluding tert-OH is 1. The van der Waals surface area contributed by atoms with Crippen molar-refractivity contribution in [3.05, 3.63) is 59.4 Å². The van der Waals surface area contributed by atoms with Gasteiger partial charge < -0.3 is 5.11 Å². The zero-order valence-corrected chi connectivity index (χ0v) is 13.8. The fourth-order valence-corrected chi connectivity index (χ4v) is 4.09. The molecule has 0 fully saturated rings. The summed E-state index contributed by atoms with van der Waals surface area (Å²) in [5.41, 5.74) is 2.70. The average Bonchev–Trinajstić information content (AvgIpc) is 2.49. The van der Waals surface area contributed by atoms with Gasteiger partial charge in [0.05, 0.1) is 0 Å². The maximum Gasteiger partial charge on any atom is 0.155 e. The van der Waals surface area contributed by atoms with Crippen LogP contribution < -0.4 is 0 Å². The van der Waals surface area contributed by atoms with Crippen molar-refractivity contribution in [3.8, 4) is 0 Å². The van der Waals surface area contributed by atoms with E-state index in [1.165, 1.54) is 46.8 Å². The molecule has 1 nitrogen and oxygen atoms in total. The molecule has 21 heavy (non-hydrogen) atoms. The molecule has 4 heteroatoms. The van der Waals surface area contributed by atoms with Gasteiger partial charge in [-0.1, -0.05) is 43.4 Å². The predicted octanol–water partition coefficient (Wildman–Crippen LogP) is 5.11. The van der Waals surface area contributed by atoms with Crippen LogP contribution in [0.1, 0.15) is 25.0 Å². The molecule has 0 aliphatic carbocycles. The van der Waals surface area contributed by atoms with Crippen LogP contribution in [0, 0.1) is 5.82 Å². The highest BCUT2D eigenvalue weighted by Gasteiger charge is 2.10. The third-order valence-corrected chi connectivity index (χ3v) is 5.28. The van der Waals surface area contributed by atoms with E-state index in [0.29, 0.717) is 0 Å². The van der Waals surface area contributed by atoms with Gasteiger partial charge in [0, 0.05) is 9.79 Å². The highest BCUT2D eigenvalue weighted by molar-refractivity contribution is 8.16. The van der Waals surface area contributed by atoms with Crippen LogP contribution in [0.2, 0.25) is 0 Å². The lowest BCUT2D eigenvalue weighted by molar-refractivity contribution is 0.345. The summed E-state index contributed by atoms with van der Waals surface area (Å²) in [5.74, 6) is -0.260. The summed E-state index contributed by atoms with van der Waals surface area (Å²) >= 11 is 2.74. The highest BCUT2D eigenvalue weighted by atomic mass is 32.2. The molecule has 0 aliphatic heterocycles. The van der Waals surface area contributed by atoms with Gasteiger partial charge in [0.15, 0.2) is 4.77 Å². The molecule has 0 amide bonds. The average molecular weight is 322 g/mol. The number of rotatable bonds is 6. The van der Waals surface area contributed by atoms with Gasteiger partial charge in [0.1, 0.15) is 5.82 Å². The molecule has 1 N–H and O–H groups in total. The van der Waals surface area contributed by atoms with Crippen LogP contribution in [-0.2, 0) is 12.8 Å². The summed E-state index contributed by atoms with van der Waals surface area (Å²) in [7, 11) is 0. The molecule has 2 aromatic rings. The van der Waals surface area contributed by atoms with Crippen LogP contribution in [0.15, 0.2) is 52.3 Å².